The molecule has 0 bridgehead atoms. The van der Waals surface area contributed by atoms with Crippen molar-refractivity contribution in [3.63, 3.8) is 0 Å². The van der Waals surface area contributed by atoms with Gasteiger partial charge in [-0.05, 0) is 87.0 Å². The first-order valence-corrected chi connectivity index (χ1v) is 11.8. The summed E-state index contributed by atoms with van der Waals surface area (Å²) in [7, 11) is 0. The average molecular weight is 409 g/mol. The van der Waals surface area contributed by atoms with Gasteiger partial charge in [0.25, 0.3) is 0 Å². The lowest BCUT2D eigenvalue weighted by Gasteiger charge is -2.32. The van der Waals surface area contributed by atoms with E-state index in [9.17, 15) is 0 Å². The number of aryl methyl sites for hydroxylation is 1. The number of para-hydroxylation sites is 2. The highest BCUT2D eigenvalue weighted by atomic mass is 15.1. The van der Waals surface area contributed by atoms with Crippen LogP contribution < -0.4 is 0 Å². The SMILES string of the molecule is c1ccc(C2CCN(CCCCc3cn(-c4ccccc4)c4ccccc34)CC2)cc1. The molecule has 0 aliphatic carbocycles. The number of hydrogen-bond acceptors (Lipinski definition) is 1. The second kappa shape index (κ2) is 9.53. The van der Waals surface area contributed by atoms with Crippen LogP contribution in [0.3, 0.4) is 0 Å². The summed E-state index contributed by atoms with van der Waals surface area (Å²) in [6, 6.07) is 30.6. The Morgan fingerprint density at radius 1 is 0.710 bits per heavy atom. The highest BCUT2D eigenvalue weighted by Crippen LogP contribution is 2.28. The molecule has 0 atom stereocenters. The van der Waals surface area contributed by atoms with Crippen molar-refractivity contribution < 1.29 is 0 Å². The van der Waals surface area contributed by atoms with E-state index in [1.165, 1.54) is 73.0 Å². The summed E-state index contributed by atoms with van der Waals surface area (Å²) in [5.74, 6) is 0.751. The maximum Gasteiger partial charge on any atom is 0.0531 e. The molecule has 0 radical (unpaired) electrons. The van der Waals surface area contributed by atoms with Gasteiger partial charge < -0.3 is 9.47 Å². The summed E-state index contributed by atoms with van der Waals surface area (Å²) in [6.45, 7) is 3.72. The molecule has 2 heterocycles. The molecule has 5 rings (SSSR count). The van der Waals surface area contributed by atoms with Crippen LogP contribution in [-0.2, 0) is 6.42 Å². The normalized spacial score (nSPS) is 15.5. The largest absolute Gasteiger partial charge is 0.316 e. The summed E-state index contributed by atoms with van der Waals surface area (Å²) in [4.78, 5) is 2.67. The van der Waals surface area contributed by atoms with Gasteiger partial charge in [0.2, 0.25) is 0 Å². The molecule has 0 spiro atoms. The average Bonchev–Trinajstić information content (AvgIpc) is 3.22. The van der Waals surface area contributed by atoms with Crippen LogP contribution in [0.4, 0.5) is 0 Å². The maximum atomic E-state index is 2.67. The van der Waals surface area contributed by atoms with Crippen molar-refractivity contribution in [1.29, 1.82) is 0 Å². The molecule has 2 nitrogen and oxygen atoms in total. The quantitative estimate of drug-likeness (QED) is 0.304. The van der Waals surface area contributed by atoms with Crippen LogP contribution in [0, 0.1) is 0 Å². The zero-order chi connectivity index (χ0) is 20.9. The van der Waals surface area contributed by atoms with E-state index in [0.29, 0.717) is 0 Å². The fourth-order valence-electron chi connectivity index (χ4n) is 5.12. The van der Waals surface area contributed by atoms with Crippen LogP contribution in [0.25, 0.3) is 16.6 Å². The van der Waals surface area contributed by atoms with Gasteiger partial charge in [-0.15, -0.1) is 0 Å². The molecule has 1 fully saturated rings. The molecule has 1 aliphatic heterocycles. The molecule has 31 heavy (non-hydrogen) atoms. The van der Waals surface area contributed by atoms with E-state index < -0.39 is 0 Å². The van der Waals surface area contributed by atoms with Gasteiger partial charge in [-0.3, -0.25) is 0 Å². The predicted molar refractivity (Wildman–Crippen MR) is 131 cm³/mol. The lowest BCUT2D eigenvalue weighted by Crippen LogP contribution is -2.33. The number of aromatic nitrogens is 1. The standard InChI is InChI=1S/C29H32N2/c1-3-11-24(12-4-1)25-18-21-30(22-19-25)20-10-9-13-26-23-31(27-14-5-2-6-15-27)29-17-8-7-16-28(26)29/h1-8,11-12,14-17,23,25H,9-10,13,18-22H2. The van der Waals surface area contributed by atoms with E-state index >= 15 is 0 Å². The van der Waals surface area contributed by atoms with Crippen LogP contribution in [0.15, 0.2) is 91.1 Å². The zero-order valence-electron chi connectivity index (χ0n) is 18.3. The molecule has 1 aromatic heterocycles. The summed E-state index contributed by atoms with van der Waals surface area (Å²) >= 11 is 0. The minimum Gasteiger partial charge on any atom is -0.316 e. The zero-order valence-corrected chi connectivity index (χ0v) is 18.3. The number of likely N-dealkylation sites (tertiary alicyclic amines) is 1. The van der Waals surface area contributed by atoms with Crippen molar-refractivity contribution in [2.75, 3.05) is 19.6 Å². The number of hydrogen-bond donors (Lipinski definition) is 0. The molecule has 2 heteroatoms. The van der Waals surface area contributed by atoms with Gasteiger partial charge in [0.15, 0.2) is 0 Å². The van der Waals surface area contributed by atoms with Crippen molar-refractivity contribution in [1.82, 2.24) is 9.47 Å². The van der Waals surface area contributed by atoms with E-state index in [4.69, 9.17) is 0 Å². The van der Waals surface area contributed by atoms with E-state index in [1.54, 1.807) is 0 Å². The Balaban J connectivity index is 1.16. The topological polar surface area (TPSA) is 8.17 Å². The third-order valence-electron chi connectivity index (χ3n) is 6.86. The third-order valence-corrected chi connectivity index (χ3v) is 6.86. The molecule has 0 amide bonds. The van der Waals surface area contributed by atoms with Crippen LogP contribution >= 0.6 is 0 Å². The molecular weight excluding hydrogens is 376 g/mol. The van der Waals surface area contributed by atoms with Crippen molar-refractivity contribution in [3.05, 3.63) is 102 Å². The Morgan fingerprint density at radius 2 is 1.39 bits per heavy atom. The summed E-state index contributed by atoms with van der Waals surface area (Å²) < 4.78 is 2.35. The van der Waals surface area contributed by atoms with Crippen molar-refractivity contribution in [2.45, 2.75) is 38.0 Å². The molecule has 0 saturated carbocycles. The second-order valence-electron chi connectivity index (χ2n) is 8.86. The Bertz CT molecular complexity index is 1090. The molecular formula is C29H32N2. The number of benzene rings is 3. The minimum atomic E-state index is 0.751. The van der Waals surface area contributed by atoms with Gasteiger partial charge in [0, 0.05) is 17.3 Å². The Morgan fingerprint density at radius 3 is 2.16 bits per heavy atom. The second-order valence-corrected chi connectivity index (χ2v) is 8.86. The van der Waals surface area contributed by atoms with E-state index in [-0.39, 0.29) is 0 Å². The molecule has 3 aromatic carbocycles. The number of unbranched alkanes of at least 4 members (excludes halogenated alkanes) is 1. The first kappa shape index (κ1) is 20.1. The molecule has 1 aliphatic rings. The Kier molecular flexibility index (Phi) is 6.18. The van der Waals surface area contributed by atoms with Gasteiger partial charge in [0.1, 0.15) is 0 Å². The smallest absolute Gasteiger partial charge is 0.0531 e. The lowest BCUT2D eigenvalue weighted by molar-refractivity contribution is 0.209. The van der Waals surface area contributed by atoms with E-state index in [0.717, 1.165) is 12.3 Å². The van der Waals surface area contributed by atoms with Gasteiger partial charge in [-0.1, -0.05) is 66.7 Å². The van der Waals surface area contributed by atoms with Crippen LogP contribution in [0.1, 0.15) is 42.7 Å². The maximum absolute atomic E-state index is 2.67. The van der Waals surface area contributed by atoms with E-state index in [1.807, 2.05) is 0 Å². The fourth-order valence-corrected chi connectivity index (χ4v) is 5.12. The van der Waals surface area contributed by atoms with Crippen molar-refractivity contribution in [2.24, 2.45) is 0 Å². The Labute approximate surface area is 186 Å². The van der Waals surface area contributed by atoms with Crippen LogP contribution in [0.5, 0.6) is 0 Å². The van der Waals surface area contributed by atoms with Crippen molar-refractivity contribution >= 4 is 10.9 Å². The van der Waals surface area contributed by atoms with Gasteiger partial charge in [0.05, 0.1) is 5.52 Å². The minimum absolute atomic E-state index is 0.751. The molecule has 1 saturated heterocycles. The fraction of sp³-hybridized carbons (Fsp3) is 0.310. The van der Waals surface area contributed by atoms with Gasteiger partial charge in [-0.25, -0.2) is 0 Å². The van der Waals surface area contributed by atoms with Gasteiger partial charge in [-0.2, -0.15) is 0 Å². The summed E-state index contributed by atoms with van der Waals surface area (Å²) in [5, 5.41) is 1.40. The summed E-state index contributed by atoms with van der Waals surface area (Å²) in [6.07, 6.45) is 8.64. The highest BCUT2D eigenvalue weighted by molar-refractivity contribution is 5.85. The molecule has 0 unspecified atom stereocenters. The molecule has 0 N–H and O–H groups in total. The third kappa shape index (κ3) is 4.60. The first-order valence-electron chi connectivity index (χ1n) is 11.8. The Hall–Kier alpha value is -2.84. The van der Waals surface area contributed by atoms with Crippen LogP contribution in [0.2, 0.25) is 0 Å². The monoisotopic (exact) mass is 408 g/mol. The molecule has 158 valence electrons. The number of piperidine rings is 1. The number of nitrogens with zero attached hydrogens (tertiary/aromatic N) is 2. The van der Waals surface area contributed by atoms with Crippen molar-refractivity contribution in [3.8, 4) is 5.69 Å². The summed E-state index contributed by atoms with van der Waals surface area (Å²) in [5.41, 5.74) is 5.55. The van der Waals surface area contributed by atoms with E-state index in [2.05, 4.69) is 101 Å². The highest BCUT2D eigenvalue weighted by Gasteiger charge is 2.20. The number of fused-ring (bicyclic) bond motifs is 1. The van der Waals surface area contributed by atoms with Crippen LogP contribution in [-0.4, -0.2) is 29.1 Å². The van der Waals surface area contributed by atoms with Gasteiger partial charge >= 0.3 is 0 Å². The lowest BCUT2D eigenvalue weighted by atomic mass is 9.89. The predicted octanol–water partition coefficient (Wildman–Crippen LogP) is 6.83. The number of rotatable bonds is 7. The first-order chi connectivity index (χ1) is 15.4. The molecule has 4 aromatic rings.